The fourth-order valence-corrected chi connectivity index (χ4v) is 2.88. The van der Waals surface area contributed by atoms with Crippen LogP contribution in [-0.4, -0.2) is 53.6 Å². The number of ether oxygens (including phenoxy) is 3. The standard InChI is InChI=1S/C12H18N2O6S/c1-14(7-12(15)20-4)21(16,17)11-5-8(13)9(18-2)6-10(11)19-3/h5-6H,7,13H2,1-4H3. The Morgan fingerprint density at radius 1 is 1.19 bits per heavy atom. The second-order valence-electron chi connectivity index (χ2n) is 4.08. The molecule has 118 valence electrons. The molecule has 0 aliphatic rings. The summed E-state index contributed by atoms with van der Waals surface area (Å²) in [6, 6.07) is 2.59. The number of carbonyl (C=O) groups is 1. The summed E-state index contributed by atoms with van der Waals surface area (Å²) in [6.07, 6.45) is 0. The van der Waals surface area contributed by atoms with Crippen molar-refractivity contribution >= 4 is 21.7 Å². The Morgan fingerprint density at radius 3 is 2.24 bits per heavy atom. The molecule has 0 saturated carbocycles. The third-order valence-electron chi connectivity index (χ3n) is 2.78. The van der Waals surface area contributed by atoms with Crippen LogP contribution in [-0.2, 0) is 19.6 Å². The van der Waals surface area contributed by atoms with E-state index in [0.29, 0.717) is 5.75 Å². The molecule has 2 N–H and O–H groups in total. The minimum absolute atomic E-state index is 0.0674. The van der Waals surface area contributed by atoms with Gasteiger partial charge in [-0.3, -0.25) is 4.79 Å². The van der Waals surface area contributed by atoms with Gasteiger partial charge >= 0.3 is 5.97 Å². The van der Waals surface area contributed by atoms with Crippen LogP contribution in [0, 0.1) is 0 Å². The van der Waals surface area contributed by atoms with Gasteiger partial charge in [-0.1, -0.05) is 0 Å². The van der Waals surface area contributed by atoms with Crippen LogP contribution >= 0.6 is 0 Å². The van der Waals surface area contributed by atoms with E-state index in [0.717, 1.165) is 4.31 Å². The smallest absolute Gasteiger partial charge is 0.321 e. The lowest BCUT2D eigenvalue weighted by Crippen LogP contribution is -2.33. The number of likely N-dealkylation sites (N-methyl/N-ethyl adjacent to an activating group) is 1. The number of anilines is 1. The SMILES string of the molecule is COC(=O)CN(C)S(=O)(=O)c1cc(N)c(OC)cc1OC. The molecule has 0 spiro atoms. The van der Waals surface area contributed by atoms with Crippen LogP contribution in [0.2, 0.25) is 0 Å². The zero-order valence-corrected chi connectivity index (χ0v) is 13.1. The summed E-state index contributed by atoms with van der Waals surface area (Å²) in [5, 5.41) is 0. The van der Waals surface area contributed by atoms with Crippen molar-refractivity contribution in [2.45, 2.75) is 4.90 Å². The van der Waals surface area contributed by atoms with Crippen LogP contribution in [0.4, 0.5) is 5.69 Å². The lowest BCUT2D eigenvalue weighted by molar-refractivity contribution is -0.140. The summed E-state index contributed by atoms with van der Waals surface area (Å²) >= 11 is 0. The number of nitrogen functional groups attached to an aromatic ring is 1. The zero-order valence-electron chi connectivity index (χ0n) is 12.2. The van der Waals surface area contributed by atoms with E-state index in [1.54, 1.807) is 0 Å². The molecule has 1 rings (SSSR count). The lowest BCUT2D eigenvalue weighted by Gasteiger charge is -2.19. The van der Waals surface area contributed by atoms with E-state index in [2.05, 4.69) is 4.74 Å². The molecule has 0 atom stereocenters. The molecule has 0 unspecified atom stereocenters. The first kappa shape index (κ1) is 17.1. The molecule has 1 aromatic carbocycles. The highest BCUT2D eigenvalue weighted by molar-refractivity contribution is 7.89. The number of nitrogens with zero attached hydrogens (tertiary/aromatic N) is 1. The quantitative estimate of drug-likeness (QED) is 0.584. The normalized spacial score (nSPS) is 11.3. The molecule has 0 radical (unpaired) electrons. The number of hydrogen-bond donors (Lipinski definition) is 1. The Kier molecular flexibility index (Phi) is 5.39. The van der Waals surface area contributed by atoms with Crippen molar-refractivity contribution in [1.29, 1.82) is 0 Å². The van der Waals surface area contributed by atoms with Crippen LogP contribution in [0.25, 0.3) is 0 Å². The minimum Gasteiger partial charge on any atom is -0.495 e. The van der Waals surface area contributed by atoms with Crippen molar-refractivity contribution in [2.75, 3.05) is 40.7 Å². The highest BCUT2D eigenvalue weighted by atomic mass is 32.2. The van der Waals surface area contributed by atoms with Crippen LogP contribution in [0.5, 0.6) is 11.5 Å². The first-order valence-electron chi connectivity index (χ1n) is 5.82. The van der Waals surface area contributed by atoms with Gasteiger partial charge in [0.05, 0.1) is 27.0 Å². The first-order chi connectivity index (χ1) is 9.77. The molecule has 0 bridgehead atoms. The maximum atomic E-state index is 12.5. The van der Waals surface area contributed by atoms with Gasteiger partial charge in [0.2, 0.25) is 10.0 Å². The van der Waals surface area contributed by atoms with Gasteiger partial charge in [0, 0.05) is 13.1 Å². The van der Waals surface area contributed by atoms with Crippen molar-refractivity contribution in [2.24, 2.45) is 0 Å². The predicted octanol–water partition coefficient (Wildman–Crippen LogP) is 0.0795. The molecule has 9 heteroatoms. The lowest BCUT2D eigenvalue weighted by atomic mass is 10.3. The third-order valence-corrected chi connectivity index (χ3v) is 4.61. The van der Waals surface area contributed by atoms with E-state index in [1.807, 2.05) is 0 Å². The van der Waals surface area contributed by atoms with Crippen LogP contribution in [0.15, 0.2) is 17.0 Å². The summed E-state index contributed by atoms with van der Waals surface area (Å²) in [7, 11) is 1.20. The molecular formula is C12H18N2O6S. The molecule has 0 saturated heterocycles. The Labute approximate surface area is 123 Å². The zero-order chi connectivity index (χ0) is 16.2. The fourth-order valence-electron chi connectivity index (χ4n) is 1.59. The largest absolute Gasteiger partial charge is 0.495 e. The monoisotopic (exact) mass is 318 g/mol. The molecule has 0 amide bonds. The van der Waals surface area contributed by atoms with Gasteiger partial charge in [0.15, 0.2) is 0 Å². The maximum absolute atomic E-state index is 12.5. The Hall–Kier alpha value is -2.00. The van der Waals surface area contributed by atoms with E-state index in [9.17, 15) is 13.2 Å². The number of carbonyl (C=O) groups excluding carboxylic acids is 1. The van der Waals surface area contributed by atoms with Crippen molar-refractivity contribution in [3.63, 3.8) is 0 Å². The summed E-state index contributed by atoms with van der Waals surface area (Å²) in [5.41, 5.74) is 5.87. The van der Waals surface area contributed by atoms with E-state index in [4.69, 9.17) is 15.2 Å². The summed E-state index contributed by atoms with van der Waals surface area (Å²) in [6.45, 7) is -0.423. The molecule has 0 aliphatic carbocycles. The van der Waals surface area contributed by atoms with Gasteiger partial charge < -0.3 is 19.9 Å². The van der Waals surface area contributed by atoms with Gasteiger partial charge in [-0.05, 0) is 6.07 Å². The molecule has 0 heterocycles. The van der Waals surface area contributed by atoms with Crippen molar-refractivity contribution in [3.8, 4) is 11.5 Å². The summed E-state index contributed by atoms with van der Waals surface area (Å²) in [4.78, 5) is 11.1. The average molecular weight is 318 g/mol. The average Bonchev–Trinajstić information content (AvgIpc) is 2.46. The number of hydrogen-bond acceptors (Lipinski definition) is 7. The topological polar surface area (TPSA) is 108 Å². The van der Waals surface area contributed by atoms with Crippen molar-refractivity contribution in [3.05, 3.63) is 12.1 Å². The van der Waals surface area contributed by atoms with Crippen molar-refractivity contribution < 1.29 is 27.4 Å². The number of benzene rings is 1. The summed E-state index contributed by atoms with van der Waals surface area (Å²) < 4.78 is 40.3. The number of rotatable bonds is 6. The molecule has 21 heavy (non-hydrogen) atoms. The maximum Gasteiger partial charge on any atom is 0.321 e. The van der Waals surface area contributed by atoms with Gasteiger partial charge in [0.25, 0.3) is 0 Å². The Bertz CT molecular complexity index is 629. The number of methoxy groups -OCH3 is 3. The summed E-state index contributed by atoms with van der Waals surface area (Å²) in [5.74, 6) is -0.319. The van der Waals surface area contributed by atoms with E-state index < -0.39 is 22.5 Å². The molecular weight excluding hydrogens is 300 g/mol. The minimum atomic E-state index is -3.96. The second kappa shape index (κ2) is 6.64. The molecule has 0 aromatic heterocycles. The van der Waals surface area contributed by atoms with E-state index in [-0.39, 0.29) is 16.3 Å². The molecule has 1 aromatic rings. The van der Waals surface area contributed by atoms with E-state index >= 15 is 0 Å². The Morgan fingerprint density at radius 2 is 1.76 bits per heavy atom. The van der Waals surface area contributed by atoms with Crippen molar-refractivity contribution in [1.82, 2.24) is 4.31 Å². The molecule has 0 fully saturated rings. The Balaban J connectivity index is 3.30. The van der Waals surface area contributed by atoms with Gasteiger partial charge in [0.1, 0.15) is 22.9 Å². The predicted molar refractivity (Wildman–Crippen MR) is 75.8 cm³/mol. The fraction of sp³-hybridized carbons (Fsp3) is 0.417. The van der Waals surface area contributed by atoms with Gasteiger partial charge in [-0.25, -0.2) is 8.42 Å². The number of nitrogens with two attached hydrogens (primary N) is 1. The second-order valence-corrected chi connectivity index (χ2v) is 6.10. The molecule has 8 nitrogen and oxygen atoms in total. The van der Waals surface area contributed by atoms with Crippen LogP contribution in [0.3, 0.4) is 0 Å². The van der Waals surface area contributed by atoms with E-state index in [1.165, 1.54) is 40.5 Å². The van der Waals surface area contributed by atoms with Gasteiger partial charge in [-0.2, -0.15) is 4.31 Å². The number of esters is 1. The highest BCUT2D eigenvalue weighted by Crippen LogP contribution is 2.34. The number of sulfonamides is 1. The third kappa shape index (κ3) is 3.56. The highest BCUT2D eigenvalue weighted by Gasteiger charge is 2.28. The van der Waals surface area contributed by atoms with Gasteiger partial charge in [-0.15, -0.1) is 0 Å². The van der Waals surface area contributed by atoms with Crippen LogP contribution in [0.1, 0.15) is 0 Å². The molecule has 0 aliphatic heterocycles. The first-order valence-corrected chi connectivity index (χ1v) is 7.26. The van der Waals surface area contributed by atoms with Crippen LogP contribution < -0.4 is 15.2 Å².